The third-order valence-electron chi connectivity index (χ3n) is 5.13. The van der Waals surface area contributed by atoms with Crippen LogP contribution in [0.25, 0.3) is 11.3 Å². The number of ether oxygens (including phenoxy) is 2. The molecule has 1 heterocycles. The largest absolute Gasteiger partial charge is 0.497 e. The van der Waals surface area contributed by atoms with Crippen LogP contribution in [0.2, 0.25) is 0 Å². The molecule has 1 N–H and O–H groups in total. The first kappa shape index (κ1) is 23.3. The Balaban J connectivity index is 1.52. The molecule has 0 atom stereocenters. The molecular formula is C27H25N3O3S. The molecule has 1 amide bonds. The van der Waals surface area contributed by atoms with Crippen LogP contribution in [0.5, 0.6) is 11.5 Å². The minimum atomic E-state index is -0.137. The SMILES string of the molecule is COc1ccc(SCC(=O)Nc2ncc(-c3ccc(OC)cc3)nc2Cc2ccccc2)cc1. The summed E-state index contributed by atoms with van der Waals surface area (Å²) in [4.78, 5) is 23.1. The van der Waals surface area contributed by atoms with Crippen LogP contribution in [0.3, 0.4) is 0 Å². The molecule has 3 aromatic carbocycles. The van der Waals surface area contributed by atoms with E-state index < -0.39 is 0 Å². The maximum atomic E-state index is 12.7. The number of carbonyl (C=O) groups excluding carboxylic acids is 1. The molecule has 0 aliphatic heterocycles. The zero-order valence-electron chi connectivity index (χ0n) is 19.0. The molecule has 0 radical (unpaired) electrons. The van der Waals surface area contributed by atoms with Gasteiger partial charge in [-0.25, -0.2) is 9.97 Å². The van der Waals surface area contributed by atoms with E-state index in [0.717, 1.165) is 33.2 Å². The number of rotatable bonds is 9. The van der Waals surface area contributed by atoms with Gasteiger partial charge < -0.3 is 14.8 Å². The molecule has 0 bridgehead atoms. The van der Waals surface area contributed by atoms with Crippen molar-refractivity contribution in [3.63, 3.8) is 0 Å². The van der Waals surface area contributed by atoms with E-state index in [0.29, 0.717) is 17.9 Å². The number of hydrogen-bond donors (Lipinski definition) is 1. The quantitative estimate of drug-likeness (QED) is 0.326. The number of hydrogen-bond acceptors (Lipinski definition) is 6. The van der Waals surface area contributed by atoms with Gasteiger partial charge in [-0.05, 0) is 54.1 Å². The van der Waals surface area contributed by atoms with E-state index >= 15 is 0 Å². The highest BCUT2D eigenvalue weighted by Crippen LogP contribution is 2.25. The molecule has 0 unspecified atom stereocenters. The molecular weight excluding hydrogens is 446 g/mol. The summed E-state index contributed by atoms with van der Waals surface area (Å²) in [5.41, 5.74) is 3.46. The van der Waals surface area contributed by atoms with Crippen molar-refractivity contribution >= 4 is 23.5 Å². The lowest BCUT2D eigenvalue weighted by Crippen LogP contribution is -2.17. The first-order chi connectivity index (χ1) is 16.6. The van der Waals surface area contributed by atoms with Crippen molar-refractivity contribution in [1.29, 1.82) is 0 Å². The van der Waals surface area contributed by atoms with Crippen molar-refractivity contribution in [2.45, 2.75) is 11.3 Å². The van der Waals surface area contributed by atoms with Gasteiger partial charge in [0.05, 0.1) is 37.6 Å². The van der Waals surface area contributed by atoms with E-state index in [9.17, 15) is 4.79 Å². The summed E-state index contributed by atoms with van der Waals surface area (Å²) in [5.74, 6) is 2.16. The Bertz CT molecular complexity index is 1230. The van der Waals surface area contributed by atoms with Crippen LogP contribution in [-0.2, 0) is 11.2 Å². The topological polar surface area (TPSA) is 73.3 Å². The van der Waals surface area contributed by atoms with Gasteiger partial charge in [0.1, 0.15) is 11.5 Å². The van der Waals surface area contributed by atoms with Gasteiger partial charge in [0.15, 0.2) is 5.82 Å². The van der Waals surface area contributed by atoms with Crippen molar-refractivity contribution in [3.8, 4) is 22.8 Å². The van der Waals surface area contributed by atoms with E-state index in [1.165, 1.54) is 11.8 Å². The van der Waals surface area contributed by atoms with Crippen molar-refractivity contribution in [2.75, 3.05) is 25.3 Å². The Morgan fingerprint density at radius 2 is 1.53 bits per heavy atom. The maximum absolute atomic E-state index is 12.7. The van der Waals surface area contributed by atoms with Gasteiger partial charge in [0, 0.05) is 16.9 Å². The number of nitrogens with one attached hydrogen (secondary N) is 1. The summed E-state index contributed by atoms with van der Waals surface area (Å²) < 4.78 is 10.4. The number of aromatic nitrogens is 2. The fourth-order valence-electron chi connectivity index (χ4n) is 3.33. The number of anilines is 1. The van der Waals surface area contributed by atoms with E-state index in [2.05, 4.69) is 10.3 Å². The Morgan fingerprint density at radius 3 is 2.18 bits per heavy atom. The lowest BCUT2D eigenvalue weighted by Gasteiger charge is -2.12. The number of benzene rings is 3. The molecule has 7 heteroatoms. The number of thioether (sulfide) groups is 1. The summed E-state index contributed by atoms with van der Waals surface area (Å²) in [6.45, 7) is 0. The number of nitrogens with zero attached hydrogens (tertiary/aromatic N) is 2. The van der Waals surface area contributed by atoms with Crippen LogP contribution in [0.4, 0.5) is 5.82 Å². The molecule has 4 aromatic rings. The summed E-state index contributed by atoms with van der Waals surface area (Å²) >= 11 is 1.45. The van der Waals surface area contributed by atoms with Crippen molar-refractivity contribution in [3.05, 3.63) is 96.3 Å². The molecule has 6 nitrogen and oxygen atoms in total. The third-order valence-corrected chi connectivity index (χ3v) is 6.14. The molecule has 172 valence electrons. The second-order valence-corrected chi connectivity index (χ2v) is 8.50. The van der Waals surface area contributed by atoms with E-state index in [1.54, 1.807) is 20.4 Å². The van der Waals surface area contributed by atoms with Crippen LogP contribution in [0.15, 0.2) is 90.0 Å². The minimum absolute atomic E-state index is 0.137. The number of carbonyl (C=O) groups is 1. The normalized spacial score (nSPS) is 10.5. The van der Waals surface area contributed by atoms with Gasteiger partial charge in [-0.15, -0.1) is 11.8 Å². The molecule has 0 saturated carbocycles. The smallest absolute Gasteiger partial charge is 0.235 e. The molecule has 1 aromatic heterocycles. The van der Waals surface area contributed by atoms with Crippen molar-refractivity contribution in [1.82, 2.24) is 9.97 Å². The fourth-order valence-corrected chi connectivity index (χ4v) is 4.03. The van der Waals surface area contributed by atoms with E-state index in [-0.39, 0.29) is 11.7 Å². The van der Waals surface area contributed by atoms with E-state index in [1.807, 2.05) is 78.9 Å². The van der Waals surface area contributed by atoms with Gasteiger partial charge in [-0.2, -0.15) is 0 Å². The highest BCUT2D eigenvalue weighted by atomic mass is 32.2. The Morgan fingerprint density at radius 1 is 0.882 bits per heavy atom. The highest BCUT2D eigenvalue weighted by molar-refractivity contribution is 8.00. The van der Waals surface area contributed by atoms with Gasteiger partial charge in [0.2, 0.25) is 5.91 Å². The van der Waals surface area contributed by atoms with Crippen LogP contribution in [-0.4, -0.2) is 35.8 Å². The Kier molecular flexibility index (Phi) is 7.78. The van der Waals surface area contributed by atoms with Gasteiger partial charge >= 0.3 is 0 Å². The minimum Gasteiger partial charge on any atom is -0.497 e. The van der Waals surface area contributed by atoms with Crippen LogP contribution in [0.1, 0.15) is 11.3 Å². The van der Waals surface area contributed by atoms with Gasteiger partial charge in [-0.3, -0.25) is 4.79 Å². The van der Waals surface area contributed by atoms with Crippen molar-refractivity contribution < 1.29 is 14.3 Å². The Hall–Kier alpha value is -3.84. The predicted octanol–water partition coefficient (Wildman–Crippen LogP) is 5.48. The zero-order chi connectivity index (χ0) is 23.8. The maximum Gasteiger partial charge on any atom is 0.235 e. The fraction of sp³-hybridized carbons (Fsp3) is 0.148. The summed E-state index contributed by atoms with van der Waals surface area (Å²) in [7, 11) is 3.26. The highest BCUT2D eigenvalue weighted by Gasteiger charge is 2.13. The average Bonchev–Trinajstić information content (AvgIpc) is 2.89. The first-order valence-corrected chi connectivity index (χ1v) is 11.7. The molecule has 0 aliphatic rings. The lowest BCUT2D eigenvalue weighted by atomic mass is 10.1. The second kappa shape index (κ2) is 11.3. The molecule has 0 spiro atoms. The van der Waals surface area contributed by atoms with Gasteiger partial charge in [-0.1, -0.05) is 30.3 Å². The second-order valence-electron chi connectivity index (χ2n) is 7.45. The van der Waals surface area contributed by atoms with Crippen LogP contribution >= 0.6 is 11.8 Å². The average molecular weight is 472 g/mol. The monoisotopic (exact) mass is 471 g/mol. The molecule has 34 heavy (non-hydrogen) atoms. The molecule has 0 fully saturated rings. The van der Waals surface area contributed by atoms with Crippen molar-refractivity contribution in [2.24, 2.45) is 0 Å². The summed E-state index contributed by atoms with van der Waals surface area (Å²) in [6, 6.07) is 25.3. The van der Waals surface area contributed by atoms with Crippen LogP contribution < -0.4 is 14.8 Å². The zero-order valence-corrected chi connectivity index (χ0v) is 19.8. The Labute approximate surface area is 203 Å². The standard InChI is InChI=1S/C27H25N3O3S/c1-32-21-10-8-20(9-11-21)25-17-28-27(24(29-25)16-19-6-4-3-5-7-19)30-26(31)18-34-23-14-12-22(33-2)13-15-23/h3-15,17H,16,18H2,1-2H3,(H,28,30,31). The summed E-state index contributed by atoms with van der Waals surface area (Å²) in [6.07, 6.45) is 2.24. The number of methoxy groups -OCH3 is 2. The molecule has 0 aliphatic carbocycles. The van der Waals surface area contributed by atoms with E-state index in [4.69, 9.17) is 14.5 Å². The first-order valence-electron chi connectivity index (χ1n) is 10.8. The number of amides is 1. The molecule has 4 rings (SSSR count). The van der Waals surface area contributed by atoms with Gasteiger partial charge in [0.25, 0.3) is 0 Å². The van der Waals surface area contributed by atoms with Crippen LogP contribution in [0, 0.1) is 0 Å². The third kappa shape index (κ3) is 6.14. The predicted molar refractivity (Wildman–Crippen MR) is 136 cm³/mol. The molecule has 0 saturated heterocycles. The lowest BCUT2D eigenvalue weighted by molar-refractivity contribution is -0.113. The summed E-state index contributed by atoms with van der Waals surface area (Å²) in [5, 5.41) is 2.94.